The highest BCUT2D eigenvalue weighted by Crippen LogP contribution is 2.29. The van der Waals surface area contributed by atoms with Crippen LogP contribution in [0.4, 0.5) is 0 Å². The van der Waals surface area contributed by atoms with E-state index >= 15 is 0 Å². The van der Waals surface area contributed by atoms with Crippen LogP contribution in [0.25, 0.3) is 0 Å². The predicted molar refractivity (Wildman–Crippen MR) is 89.9 cm³/mol. The van der Waals surface area contributed by atoms with Gasteiger partial charge in [-0.05, 0) is 49.5 Å². The summed E-state index contributed by atoms with van der Waals surface area (Å²) in [7, 11) is 0. The van der Waals surface area contributed by atoms with Gasteiger partial charge in [-0.25, -0.2) is 0 Å². The van der Waals surface area contributed by atoms with E-state index in [2.05, 4.69) is 31.3 Å². The molecule has 1 saturated carbocycles. The summed E-state index contributed by atoms with van der Waals surface area (Å²) in [5.74, 6) is 0.821. The first-order chi connectivity index (χ1) is 10.5. The zero-order valence-electron chi connectivity index (χ0n) is 13.8. The van der Waals surface area contributed by atoms with E-state index in [1.807, 2.05) is 18.2 Å². The van der Waals surface area contributed by atoms with Crippen molar-refractivity contribution in [1.29, 1.82) is 0 Å². The highest BCUT2D eigenvalue weighted by atomic mass is 16.4. The average Bonchev–Trinajstić information content (AvgIpc) is 2.44. The molecule has 0 bridgehead atoms. The fraction of sp³-hybridized carbons (Fsp3) is 0.632. The Hall–Kier alpha value is -1.35. The standard InChI is InChI=1S/C19H29NO2/c1-14-10-15(2)12-18(11-14)20-17(8-9-19(21)22)13-16-6-4-3-5-7-16/h3-7,14-15,17-18,20H,8-13H2,1-2H3,(H,21,22). The molecule has 3 atom stereocenters. The minimum absolute atomic E-state index is 0.238. The van der Waals surface area contributed by atoms with Crippen LogP contribution in [0, 0.1) is 11.8 Å². The van der Waals surface area contributed by atoms with E-state index in [1.165, 1.54) is 24.8 Å². The van der Waals surface area contributed by atoms with Crippen LogP contribution in [0.1, 0.15) is 51.5 Å². The van der Waals surface area contributed by atoms with Gasteiger partial charge in [-0.3, -0.25) is 4.79 Å². The lowest BCUT2D eigenvalue weighted by molar-refractivity contribution is -0.137. The number of hydrogen-bond donors (Lipinski definition) is 2. The second-order valence-electron chi connectivity index (χ2n) is 7.10. The minimum Gasteiger partial charge on any atom is -0.481 e. The van der Waals surface area contributed by atoms with Gasteiger partial charge >= 0.3 is 5.97 Å². The number of rotatable bonds is 7. The Morgan fingerprint density at radius 2 is 1.82 bits per heavy atom. The number of benzene rings is 1. The molecule has 0 amide bonds. The van der Waals surface area contributed by atoms with Crippen molar-refractivity contribution in [1.82, 2.24) is 5.32 Å². The zero-order chi connectivity index (χ0) is 15.9. The lowest BCUT2D eigenvalue weighted by atomic mass is 9.80. The molecule has 2 rings (SSSR count). The van der Waals surface area contributed by atoms with Gasteiger partial charge in [0, 0.05) is 18.5 Å². The van der Waals surface area contributed by atoms with Crippen molar-refractivity contribution < 1.29 is 9.90 Å². The van der Waals surface area contributed by atoms with Gasteiger partial charge in [0.25, 0.3) is 0 Å². The van der Waals surface area contributed by atoms with Gasteiger partial charge in [-0.15, -0.1) is 0 Å². The molecular formula is C19H29NO2. The van der Waals surface area contributed by atoms with E-state index in [0.29, 0.717) is 12.5 Å². The molecule has 0 spiro atoms. The van der Waals surface area contributed by atoms with E-state index < -0.39 is 5.97 Å². The van der Waals surface area contributed by atoms with E-state index in [0.717, 1.165) is 18.3 Å². The van der Waals surface area contributed by atoms with Crippen molar-refractivity contribution in [2.45, 2.75) is 64.5 Å². The van der Waals surface area contributed by atoms with Crippen LogP contribution >= 0.6 is 0 Å². The lowest BCUT2D eigenvalue weighted by Gasteiger charge is -2.35. The number of nitrogens with one attached hydrogen (secondary N) is 1. The second kappa shape index (κ2) is 8.33. The van der Waals surface area contributed by atoms with Gasteiger partial charge in [-0.2, -0.15) is 0 Å². The molecule has 22 heavy (non-hydrogen) atoms. The van der Waals surface area contributed by atoms with Crippen molar-refractivity contribution >= 4 is 5.97 Å². The maximum atomic E-state index is 10.9. The van der Waals surface area contributed by atoms with Crippen LogP contribution in [0.15, 0.2) is 30.3 Å². The van der Waals surface area contributed by atoms with Gasteiger partial charge in [0.1, 0.15) is 0 Å². The molecule has 122 valence electrons. The topological polar surface area (TPSA) is 49.3 Å². The molecule has 1 aromatic carbocycles. The minimum atomic E-state index is -0.703. The third-order valence-corrected chi connectivity index (χ3v) is 4.68. The molecule has 2 N–H and O–H groups in total. The number of carbonyl (C=O) groups is 1. The smallest absolute Gasteiger partial charge is 0.303 e. The lowest BCUT2D eigenvalue weighted by Crippen LogP contribution is -2.43. The first kappa shape index (κ1) is 17.0. The Kier molecular flexibility index (Phi) is 6.44. The maximum Gasteiger partial charge on any atom is 0.303 e. The fourth-order valence-corrected chi connectivity index (χ4v) is 3.86. The molecule has 1 fully saturated rings. The van der Waals surface area contributed by atoms with Crippen molar-refractivity contribution in [2.75, 3.05) is 0 Å². The maximum absolute atomic E-state index is 10.9. The summed E-state index contributed by atoms with van der Waals surface area (Å²) < 4.78 is 0. The quantitative estimate of drug-likeness (QED) is 0.803. The summed E-state index contributed by atoms with van der Waals surface area (Å²) in [4.78, 5) is 10.9. The molecular weight excluding hydrogens is 274 g/mol. The third kappa shape index (κ3) is 5.80. The SMILES string of the molecule is CC1CC(C)CC(NC(CCC(=O)O)Cc2ccccc2)C1. The van der Waals surface area contributed by atoms with E-state index in [9.17, 15) is 4.79 Å². The van der Waals surface area contributed by atoms with Gasteiger partial charge in [0.05, 0.1) is 0 Å². The Balaban J connectivity index is 1.95. The van der Waals surface area contributed by atoms with Crippen LogP contribution in [-0.4, -0.2) is 23.2 Å². The van der Waals surface area contributed by atoms with E-state index in [-0.39, 0.29) is 12.5 Å². The normalized spacial score (nSPS) is 26.5. The summed E-state index contributed by atoms with van der Waals surface area (Å²) in [5, 5.41) is 12.7. The summed E-state index contributed by atoms with van der Waals surface area (Å²) in [6.45, 7) is 4.65. The number of carboxylic acids is 1. The van der Waals surface area contributed by atoms with E-state index in [1.54, 1.807) is 0 Å². The summed E-state index contributed by atoms with van der Waals surface area (Å²) >= 11 is 0. The van der Waals surface area contributed by atoms with Crippen LogP contribution < -0.4 is 5.32 Å². The monoisotopic (exact) mass is 303 g/mol. The van der Waals surface area contributed by atoms with Gasteiger partial charge in [-0.1, -0.05) is 44.2 Å². The molecule has 0 saturated heterocycles. The van der Waals surface area contributed by atoms with E-state index in [4.69, 9.17) is 5.11 Å². The molecule has 1 aliphatic rings. The molecule has 0 aromatic heterocycles. The van der Waals surface area contributed by atoms with Crippen molar-refractivity contribution in [2.24, 2.45) is 11.8 Å². The molecule has 3 unspecified atom stereocenters. The summed E-state index contributed by atoms with van der Waals surface area (Å²) in [6.07, 6.45) is 5.58. The Morgan fingerprint density at radius 1 is 1.18 bits per heavy atom. The second-order valence-corrected chi connectivity index (χ2v) is 7.10. The Morgan fingerprint density at radius 3 is 2.41 bits per heavy atom. The molecule has 0 radical (unpaired) electrons. The van der Waals surface area contributed by atoms with Crippen LogP contribution in [0.2, 0.25) is 0 Å². The highest BCUT2D eigenvalue weighted by molar-refractivity contribution is 5.66. The predicted octanol–water partition coefficient (Wildman–Crippen LogP) is 3.88. The summed E-state index contributed by atoms with van der Waals surface area (Å²) in [6, 6.07) is 11.2. The highest BCUT2D eigenvalue weighted by Gasteiger charge is 2.25. The van der Waals surface area contributed by atoms with Crippen molar-refractivity contribution in [3.05, 3.63) is 35.9 Å². The summed E-state index contributed by atoms with van der Waals surface area (Å²) in [5.41, 5.74) is 1.28. The first-order valence-electron chi connectivity index (χ1n) is 8.54. The third-order valence-electron chi connectivity index (χ3n) is 4.68. The molecule has 0 heterocycles. The van der Waals surface area contributed by atoms with Crippen LogP contribution in [-0.2, 0) is 11.2 Å². The molecule has 3 heteroatoms. The average molecular weight is 303 g/mol. The number of aliphatic carboxylic acids is 1. The van der Waals surface area contributed by atoms with Gasteiger partial charge < -0.3 is 10.4 Å². The molecule has 3 nitrogen and oxygen atoms in total. The first-order valence-corrected chi connectivity index (χ1v) is 8.54. The zero-order valence-corrected chi connectivity index (χ0v) is 13.8. The van der Waals surface area contributed by atoms with Crippen molar-refractivity contribution in [3.63, 3.8) is 0 Å². The largest absolute Gasteiger partial charge is 0.481 e. The number of hydrogen-bond acceptors (Lipinski definition) is 2. The Labute approximate surface area is 134 Å². The van der Waals surface area contributed by atoms with Gasteiger partial charge in [0.2, 0.25) is 0 Å². The molecule has 1 aromatic rings. The van der Waals surface area contributed by atoms with Crippen molar-refractivity contribution in [3.8, 4) is 0 Å². The van der Waals surface area contributed by atoms with Gasteiger partial charge in [0.15, 0.2) is 0 Å². The Bertz CT molecular complexity index is 450. The fourth-order valence-electron chi connectivity index (χ4n) is 3.86. The number of carboxylic acid groups (broad SMARTS) is 1. The molecule has 0 aliphatic heterocycles. The van der Waals surface area contributed by atoms with Crippen LogP contribution in [0.5, 0.6) is 0 Å². The molecule has 1 aliphatic carbocycles. The van der Waals surface area contributed by atoms with Crippen LogP contribution in [0.3, 0.4) is 0 Å².